The molecule has 0 aromatic heterocycles. The van der Waals surface area contributed by atoms with Crippen LogP contribution in [0.5, 0.6) is 0 Å². The molecule has 2 aliphatic rings. The lowest BCUT2D eigenvalue weighted by molar-refractivity contribution is -0.139. The molecular formula is C22H31F2N3O2. The van der Waals surface area contributed by atoms with E-state index in [4.69, 9.17) is 0 Å². The Morgan fingerprint density at radius 1 is 1.07 bits per heavy atom. The van der Waals surface area contributed by atoms with Crippen molar-refractivity contribution in [3.63, 3.8) is 0 Å². The highest BCUT2D eigenvalue weighted by molar-refractivity contribution is 5.94. The first-order valence-corrected chi connectivity index (χ1v) is 10.7. The number of carbonyl (C=O) groups excluding carboxylic acids is 2. The number of likely N-dealkylation sites (N-methyl/N-ethyl adjacent to an activating group) is 1. The number of halogens is 2. The van der Waals surface area contributed by atoms with Crippen molar-refractivity contribution in [2.45, 2.75) is 45.6 Å². The molecule has 7 heteroatoms. The Balaban J connectivity index is 1.69. The standard InChI is InChI=1S/C22H31F2N3O2/c1-3-25(4-2)22(29)20(16-7-5-6-8-16)26-11-13-27(14-12-26)21(28)18-10-9-17(23)15-19(18)24/h9-10,15-16,20H,3-8,11-14H2,1-2H3/t20-/m0/s1. The molecule has 0 spiro atoms. The molecule has 0 bridgehead atoms. The smallest absolute Gasteiger partial charge is 0.256 e. The lowest BCUT2D eigenvalue weighted by atomic mass is 9.94. The maximum Gasteiger partial charge on any atom is 0.256 e. The Bertz CT molecular complexity index is 725. The molecule has 2 amide bonds. The molecule has 3 rings (SSSR count). The van der Waals surface area contributed by atoms with Crippen LogP contribution in [0.25, 0.3) is 0 Å². The summed E-state index contributed by atoms with van der Waals surface area (Å²) in [5, 5.41) is 0. The van der Waals surface area contributed by atoms with Gasteiger partial charge in [0.2, 0.25) is 5.91 Å². The molecular weight excluding hydrogens is 376 g/mol. The molecule has 1 atom stereocenters. The quantitative estimate of drug-likeness (QED) is 0.728. The summed E-state index contributed by atoms with van der Waals surface area (Å²) in [7, 11) is 0. The molecule has 1 aliphatic heterocycles. The van der Waals surface area contributed by atoms with E-state index in [1.807, 2.05) is 18.7 Å². The van der Waals surface area contributed by atoms with Gasteiger partial charge in [0.05, 0.1) is 11.6 Å². The molecule has 160 valence electrons. The predicted octanol–water partition coefficient (Wildman–Crippen LogP) is 3.15. The van der Waals surface area contributed by atoms with E-state index in [0.717, 1.165) is 37.8 Å². The summed E-state index contributed by atoms with van der Waals surface area (Å²) >= 11 is 0. The van der Waals surface area contributed by atoms with Gasteiger partial charge in [-0.05, 0) is 44.7 Å². The highest BCUT2D eigenvalue weighted by Gasteiger charge is 2.39. The molecule has 2 fully saturated rings. The average Bonchev–Trinajstić information content (AvgIpc) is 3.23. The molecule has 0 N–H and O–H groups in total. The summed E-state index contributed by atoms with van der Waals surface area (Å²) in [6.45, 7) is 7.43. The van der Waals surface area contributed by atoms with Crippen molar-refractivity contribution in [2.24, 2.45) is 5.92 Å². The summed E-state index contributed by atoms with van der Waals surface area (Å²) < 4.78 is 27.1. The Morgan fingerprint density at radius 2 is 1.69 bits per heavy atom. The zero-order chi connectivity index (χ0) is 21.0. The zero-order valence-corrected chi connectivity index (χ0v) is 17.4. The van der Waals surface area contributed by atoms with Gasteiger partial charge in [-0.25, -0.2) is 8.78 Å². The third-order valence-electron chi connectivity index (χ3n) is 6.33. The van der Waals surface area contributed by atoms with E-state index in [9.17, 15) is 18.4 Å². The van der Waals surface area contributed by atoms with E-state index in [0.29, 0.717) is 45.2 Å². The van der Waals surface area contributed by atoms with Crippen molar-refractivity contribution in [2.75, 3.05) is 39.3 Å². The van der Waals surface area contributed by atoms with Crippen molar-refractivity contribution in [1.29, 1.82) is 0 Å². The van der Waals surface area contributed by atoms with Crippen LogP contribution in [0.1, 0.15) is 49.9 Å². The van der Waals surface area contributed by atoms with E-state index >= 15 is 0 Å². The number of hydrogen-bond acceptors (Lipinski definition) is 3. The van der Waals surface area contributed by atoms with Crippen molar-refractivity contribution in [1.82, 2.24) is 14.7 Å². The van der Waals surface area contributed by atoms with Crippen LogP contribution >= 0.6 is 0 Å². The number of amides is 2. The molecule has 1 aliphatic carbocycles. The summed E-state index contributed by atoms with van der Waals surface area (Å²) in [5.41, 5.74) is -0.105. The van der Waals surface area contributed by atoms with Gasteiger partial charge in [-0.1, -0.05) is 12.8 Å². The Kier molecular flexibility index (Phi) is 7.22. The van der Waals surface area contributed by atoms with Crippen molar-refractivity contribution >= 4 is 11.8 Å². The van der Waals surface area contributed by atoms with E-state index in [-0.39, 0.29) is 17.5 Å². The molecule has 5 nitrogen and oxygen atoms in total. The van der Waals surface area contributed by atoms with E-state index < -0.39 is 17.5 Å². The predicted molar refractivity (Wildman–Crippen MR) is 108 cm³/mol. The van der Waals surface area contributed by atoms with Gasteiger partial charge in [0.15, 0.2) is 0 Å². The van der Waals surface area contributed by atoms with Crippen LogP contribution in [-0.2, 0) is 4.79 Å². The van der Waals surface area contributed by atoms with Gasteiger partial charge in [-0.2, -0.15) is 0 Å². The second kappa shape index (κ2) is 9.65. The van der Waals surface area contributed by atoms with Gasteiger partial charge in [-0.15, -0.1) is 0 Å². The molecule has 0 unspecified atom stereocenters. The molecule has 0 radical (unpaired) electrons. The highest BCUT2D eigenvalue weighted by atomic mass is 19.1. The normalized spacial score (nSPS) is 19.4. The molecule has 1 saturated heterocycles. The van der Waals surface area contributed by atoms with Gasteiger partial charge in [0, 0.05) is 45.3 Å². The SMILES string of the molecule is CCN(CC)C(=O)[C@H](C1CCCC1)N1CCN(C(=O)c2ccc(F)cc2F)CC1. The Morgan fingerprint density at radius 3 is 2.24 bits per heavy atom. The monoisotopic (exact) mass is 407 g/mol. The van der Waals surface area contributed by atoms with Crippen molar-refractivity contribution in [3.8, 4) is 0 Å². The fourth-order valence-corrected chi connectivity index (χ4v) is 4.69. The van der Waals surface area contributed by atoms with Gasteiger partial charge in [0.1, 0.15) is 11.6 Å². The van der Waals surface area contributed by atoms with Crippen LogP contribution < -0.4 is 0 Å². The van der Waals surface area contributed by atoms with Gasteiger partial charge in [0.25, 0.3) is 5.91 Å². The average molecular weight is 408 g/mol. The fraction of sp³-hybridized carbons (Fsp3) is 0.636. The highest BCUT2D eigenvalue weighted by Crippen LogP contribution is 2.32. The molecule has 1 aromatic rings. The molecule has 29 heavy (non-hydrogen) atoms. The van der Waals surface area contributed by atoms with Crippen LogP contribution in [0, 0.1) is 17.6 Å². The van der Waals surface area contributed by atoms with Crippen molar-refractivity contribution < 1.29 is 18.4 Å². The second-order valence-corrected chi connectivity index (χ2v) is 7.95. The van der Waals surface area contributed by atoms with Gasteiger partial charge < -0.3 is 9.80 Å². The summed E-state index contributed by atoms with van der Waals surface area (Å²) in [4.78, 5) is 31.6. The maximum absolute atomic E-state index is 14.0. The third kappa shape index (κ3) is 4.77. The number of carbonyl (C=O) groups is 2. The first-order valence-electron chi connectivity index (χ1n) is 10.7. The lowest BCUT2D eigenvalue weighted by Crippen LogP contribution is -2.58. The minimum Gasteiger partial charge on any atom is -0.342 e. The van der Waals surface area contributed by atoms with E-state index in [1.165, 1.54) is 6.07 Å². The van der Waals surface area contributed by atoms with Crippen LogP contribution in [0.15, 0.2) is 18.2 Å². The summed E-state index contributed by atoms with van der Waals surface area (Å²) in [6.07, 6.45) is 4.46. The summed E-state index contributed by atoms with van der Waals surface area (Å²) in [6, 6.07) is 2.90. The first-order chi connectivity index (χ1) is 14.0. The fourth-order valence-electron chi connectivity index (χ4n) is 4.69. The van der Waals surface area contributed by atoms with Crippen LogP contribution in [0.3, 0.4) is 0 Å². The molecule has 1 heterocycles. The molecule has 1 aromatic carbocycles. The number of benzene rings is 1. The topological polar surface area (TPSA) is 43.9 Å². The van der Waals surface area contributed by atoms with Crippen molar-refractivity contribution in [3.05, 3.63) is 35.4 Å². The van der Waals surface area contributed by atoms with Crippen LogP contribution in [-0.4, -0.2) is 71.8 Å². The van der Waals surface area contributed by atoms with Gasteiger partial charge >= 0.3 is 0 Å². The first kappa shape index (κ1) is 21.7. The third-order valence-corrected chi connectivity index (χ3v) is 6.33. The van der Waals surface area contributed by atoms with E-state index in [1.54, 1.807) is 4.90 Å². The second-order valence-electron chi connectivity index (χ2n) is 7.95. The zero-order valence-electron chi connectivity index (χ0n) is 17.4. The maximum atomic E-state index is 14.0. The summed E-state index contributed by atoms with van der Waals surface area (Å²) in [5.74, 6) is -1.41. The minimum atomic E-state index is -0.835. The number of piperazine rings is 1. The van der Waals surface area contributed by atoms with Gasteiger partial charge in [-0.3, -0.25) is 14.5 Å². The minimum absolute atomic E-state index is 0.105. The van der Waals surface area contributed by atoms with Crippen LogP contribution in [0.2, 0.25) is 0 Å². The Hall–Kier alpha value is -2.02. The molecule has 1 saturated carbocycles. The van der Waals surface area contributed by atoms with Crippen LogP contribution in [0.4, 0.5) is 8.78 Å². The number of hydrogen-bond donors (Lipinski definition) is 0. The van der Waals surface area contributed by atoms with E-state index in [2.05, 4.69) is 4.90 Å². The Labute approximate surface area is 171 Å². The largest absolute Gasteiger partial charge is 0.342 e. The number of nitrogens with zero attached hydrogens (tertiary/aromatic N) is 3. The number of rotatable bonds is 6. The lowest BCUT2D eigenvalue weighted by Gasteiger charge is -2.42.